The minimum atomic E-state index is 0.561. The zero-order chi connectivity index (χ0) is 10.3. The monoisotopic (exact) mass is 196 g/mol. The fraction of sp³-hybridized carbons (Fsp3) is 0.500. The quantitative estimate of drug-likeness (QED) is 0.589. The first kappa shape index (κ1) is 12.6. The van der Waals surface area contributed by atoms with Crippen molar-refractivity contribution in [1.29, 1.82) is 0 Å². The Bertz CT molecular complexity index is 201. The van der Waals surface area contributed by atoms with E-state index in [-0.39, 0.29) is 0 Å². The molecular weight excluding hydrogens is 176 g/mol. The lowest BCUT2D eigenvalue weighted by atomic mass is 9.98. The van der Waals surface area contributed by atoms with Gasteiger partial charge in [0.15, 0.2) is 0 Å². The van der Waals surface area contributed by atoms with Gasteiger partial charge in [0.25, 0.3) is 0 Å². The predicted molar refractivity (Wildman–Crippen MR) is 65.0 cm³/mol. The lowest BCUT2D eigenvalue weighted by Gasteiger charge is -2.12. The third-order valence-corrected chi connectivity index (χ3v) is 3.23. The number of hydrogen-bond acceptors (Lipinski definition) is 1. The van der Waals surface area contributed by atoms with Crippen molar-refractivity contribution in [3.63, 3.8) is 0 Å². The second-order valence-electron chi connectivity index (χ2n) is 2.75. The van der Waals surface area contributed by atoms with Crippen LogP contribution < -0.4 is 0 Å². The SMILES string of the molecule is C=CC1SC=C(C)C1/C=C\C.CC. The molecule has 0 N–H and O–H groups in total. The summed E-state index contributed by atoms with van der Waals surface area (Å²) >= 11 is 1.87. The molecule has 0 nitrogen and oxygen atoms in total. The maximum Gasteiger partial charge on any atom is 0.0366 e. The molecule has 0 amide bonds. The van der Waals surface area contributed by atoms with Crippen LogP contribution in [0.5, 0.6) is 0 Å². The van der Waals surface area contributed by atoms with Crippen LogP contribution in [-0.4, -0.2) is 5.25 Å². The van der Waals surface area contributed by atoms with Crippen LogP contribution in [-0.2, 0) is 0 Å². The summed E-state index contributed by atoms with van der Waals surface area (Å²) in [7, 11) is 0. The van der Waals surface area contributed by atoms with E-state index in [1.54, 1.807) is 0 Å². The average Bonchev–Trinajstić information content (AvgIpc) is 2.52. The maximum absolute atomic E-state index is 3.82. The van der Waals surface area contributed by atoms with Crippen molar-refractivity contribution in [2.45, 2.75) is 32.9 Å². The summed E-state index contributed by atoms with van der Waals surface area (Å²) in [5.74, 6) is 0.586. The molecule has 2 unspecified atom stereocenters. The number of hydrogen-bond donors (Lipinski definition) is 0. The molecule has 0 saturated carbocycles. The molecule has 1 rings (SSSR count). The van der Waals surface area contributed by atoms with Crippen LogP contribution >= 0.6 is 11.8 Å². The third kappa shape index (κ3) is 3.43. The van der Waals surface area contributed by atoms with Crippen LogP contribution in [0.4, 0.5) is 0 Å². The molecule has 0 aromatic carbocycles. The highest BCUT2D eigenvalue weighted by molar-refractivity contribution is 8.03. The molecule has 1 heteroatoms. The molecule has 1 aliphatic rings. The van der Waals surface area contributed by atoms with Gasteiger partial charge in [-0.3, -0.25) is 0 Å². The summed E-state index contributed by atoms with van der Waals surface area (Å²) < 4.78 is 0. The van der Waals surface area contributed by atoms with E-state index in [1.807, 2.05) is 31.7 Å². The summed E-state index contributed by atoms with van der Waals surface area (Å²) in [5, 5.41) is 2.79. The Morgan fingerprint density at radius 1 is 1.46 bits per heavy atom. The minimum Gasteiger partial charge on any atom is -0.126 e. The van der Waals surface area contributed by atoms with E-state index in [1.165, 1.54) is 5.57 Å². The molecule has 0 bridgehead atoms. The molecule has 13 heavy (non-hydrogen) atoms. The highest BCUT2D eigenvalue weighted by Crippen LogP contribution is 2.36. The minimum absolute atomic E-state index is 0.561. The predicted octanol–water partition coefficient (Wildman–Crippen LogP) is 4.41. The molecular formula is C12H20S. The van der Waals surface area contributed by atoms with Crippen molar-refractivity contribution >= 4 is 11.8 Å². The van der Waals surface area contributed by atoms with Gasteiger partial charge in [0.2, 0.25) is 0 Å². The van der Waals surface area contributed by atoms with E-state index in [2.05, 4.69) is 38.0 Å². The Hall–Kier alpha value is -0.430. The Labute approximate surface area is 86.8 Å². The van der Waals surface area contributed by atoms with Crippen molar-refractivity contribution in [3.8, 4) is 0 Å². The van der Waals surface area contributed by atoms with Crippen LogP contribution in [0.1, 0.15) is 27.7 Å². The molecule has 0 fully saturated rings. The lowest BCUT2D eigenvalue weighted by Crippen LogP contribution is -2.07. The zero-order valence-corrected chi connectivity index (χ0v) is 9.90. The van der Waals surface area contributed by atoms with Gasteiger partial charge in [-0.25, -0.2) is 0 Å². The van der Waals surface area contributed by atoms with E-state index in [4.69, 9.17) is 0 Å². The van der Waals surface area contributed by atoms with Gasteiger partial charge in [-0.2, -0.15) is 0 Å². The third-order valence-electron chi connectivity index (χ3n) is 1.92. The maximum atomic E-state index is 3.82. The molecule has 0 aromatic rings. The fourth-order valence-corrected chi connectivity index (χ4v) is 2.39. The van der Waals surface area contributed by atoms with Gasteiger partial charge in [0.1, 0.15) is 0 Å². The Morgan fingerprint density at radius 3 is 2.54 bits per heavy atom. The van der Waals surface area contributed by atoms with Gasteiger partial charge in [-0.1, -0.05) is 37.6 Å². The lowest BCUT2D eigenvalue weighted by molar-refractivity contribution is 0.809. The van der Waals surface area contributed by atoms with E-state index >= 15 is 0 Å². The molecule has 0 spiro atoms. The first-order valence-electron chi connectivity index (χ1n) is 4.87. The molecule has 0 aromatic heterocycles. The van der Waals surface area contributed by atoms with Crippen LogP contribution in [0.2, 0.25) is 0 Å². The fourth-order valence-electron chi connectivity index (χ4n) is 1.28. The number of thioether (sulfide) groups is 1. The van der Waals surface area contributed by atoms with Crippen molar-refractivity contribution in [3.05, 3.63) is 35.8 Å². The van der Waals surface area contributed by atoms with E-state index < -0.39 is 0 Å². The van der Waals surface area contributed by atoms with Crippen molar-refractivity contribution in [2.24, 2.45) is 5.92 Å². The summed E-state index contributed by atoms with van der Waals surface area (Å²) in [5.41, 5.74) is 1.46. The second kappa shape index (κ2) is 7.02. The van der Waals surface area contributed by atoms with Crippen LogP contribution in [0.15, 0.2) is 35.8 Å². The smallest absolute Gasteiger partial charge is 0.0366 e. The van der Waals surface area contributed by atoms with E-state index in [0.29, 0.717) is 11.2 Å². The second-order valence-corrected chi connectivity index (χ2v) is 3.80. The van der Waals surface area contributed by atoms with Gasteiger partial charge in [-0.15, -0.1) is 18.3 Å². The molecule has 2 atom stereocenters. The molecule has 1 aliphatic heterocycles. The first-order chi connectivity index (χ1) is 6.29. The van der Waals surface area contributed by atoms with Crippen LogP contribution in [0, 0.1) is 5.92 Å². The normalized spacial score (nSPS) is 26.6. The van der Waals surface area contributed by atoms with Crippen LogP contribution in [0.3, 0.4) is 0 Å². The summed E-state index contributed by atoms with van der Waals surface area (Å²) in [6.45, 7) is 12.1. The first-order valence-corrected chi connectivity index (χ1v) is 5.81. The highest BCUT2D eigenvalue weighted by atomic mass is 32.2. The van der Waals surface area contributed by atoms with Crippen molar-refractivity contribution in [1.82, 2.24) is 0 Å². The van der Waals surface area contributed by atoms with Gasteiger partial charge < -0.3 is 0 Å². The molecule has 0 aliphatic carbocycles. The van der Waals surface area contributed by atoms with Crippen LogP contribution in [0.25, 0.3) is 0 Å². The molecule has 0 radical (unpaired) electrons. The zero-order valence-electron chi connectivity index (χ0n) is 9.08. The van der Waals surface area contributed by atoms with Crippen molar-refractivity contribution < 1.29 is 0 Å². The largest absolute Gasteiger partial charge is 0.126 e. The summed E-state index contributed by atoms with van der Waals surface area (Å²) in [6, 6.07) is 0. The summed E-state index contributed by atoms with van der Waals surface area (Å²) in [4.78, 5) is 0. The van der Waals surface area contributed by atoms with Gasteiger partial charge in [-0.05, 0) is 19.3 Å². The van der Waals surface area contributed by atoms with Gasteiger partial charge in [0, 0.05) is 11.2 Å². The molecule has 0 saturated heterocycles. The molecule has 1 heterocycles. The Morgan fingerprint density at radius 2 is 2.08 bits per heavy atom. The van der Waals surface area contributed by atoms with Crippen molar-refractivity contribution in [2.75, 3.05) is 0 Å². The standard InChI is InChI=1S/C10H14S.C2H6/c1-4-6-9-8(3)7-11-10(9)5-2;1-2/h4-7,9-10H,2H2,1,3H3;1-2H3/b6-4-;. The van der Waals surface area contributed by atoms with Gasteiger partial charge in [0.05, 0.1) is 0 Å². The topological polar surface area (TPSA) is 0 Å². The summed E-state index contributed by atoms with van der Waals surface area (Å²) in [6.07, 6.45) is 6.39. The number of allylic oxidation sites excluding steroid dienone is 3. The van der Waals surface area contributed by atoms with E-state index in [0.717, 1.165) is 0 Å². The Kier molecular flexibility index (Phi) is 6.79. The van der Waals surface area contributed by atoms with Gasteiger partial charge >= 0.3 is 0 Å². The Balaban J connectivity index is 0.000000671. The van der Waals surface area contributed by atoms with E-state index in [9.17, 15) is 0 Å². The highest BCUT2D eigenvalue weighted by Gasteiger charge is 2.22. The number of rotatable bonds is 2. The molecule has 74 valence electrons. The average molecular weight is 196 g/mol.